The van der Waals surface area contributed by atoms with Gasteiger partial charge in [0.1, 0.15) is 17.4 Å². The number of hydrogen-bond acceptors (Lipinski definition) is 3. The van der Waals surface area contributed by atoms with Gasteiger partial charge in [-0.15, -0.1) is 0 Å². The summed E-state index contributed by atoms with van der Waals surface area (Å²) in [5, 5.41) is 2.89. The lowest BCUT2D eigenvalue weighted by Crippen LogP contribution is -2.00. The molecule has 2 rings (SSSR count). The number of nitrogens with two attached hydrogens (primary N) is 1. The summed E-state index contributed by atoms with van der Waals surface area (Å²) in [6.45, 7) is 1.73. The van der Waals surface area contributed by atoms with Crippen LogP contribution in [0.3, 0.4) is 0 Å². The molecule has 0 fully saturated rings. The number of halogens is 2. The second-order valence-electron chi connectivity index (χ2n) is 4.16. The van der Waals surface area contributed by atoms with E-state index in [1.54, 1.807) is 13.0 Å². The van der Waals surface area contributed by atoms with Crippen molar-refractivity contribution >= 4 is 17.1 Å². The molecule has 5 heteroatoms. The fraction of sp³-hybridized carbons (Fsp3) is 0.143. The molecule has 0 atom stereocenters. The van der Waals surface area contributed by atoms with Gasteiger partial charge in [-0.05, 0) is 30.7 Å². The predicted molar refractivity (Wildman–Crippen MR) is 71.8 cm³/mol. The second kappa shape index (κ2) is 5.14. The molecule has 100 valence electrons. The normalized spacial score (nSPS) is 10.3. The highest BCUT2D eigenvalue weighted by Gasteiger charge is 2.10. The van der Waals surface area contributed by atoms with Gasteiger partial charge in [0.15, 0.2) is 0 Å². The number of hydrogen-bond donors (Lipinski definition) is 2. The molecule has 0 aliphatic rings. The Hall–Kier alpha value is -2.30. The number of nitrogen functional groups attached to an aromatic ring is 1. The van der Waals surface area contributed by atoms with Crippen LogP contribution in [0, 0.1) is 18.6 Å². The minimum Gasteiger partial charge on any atom is -0.495 e. The van der Waals surface area contributed by atoms with Crippen molar-refractivity contribution in [1.82, 2.24) is 0 Å². The van der Waals surface area contributed by atoms with E-state index in [0.29, 0.717) is 17.0 Å². The average molecular weight is 264 g/mol. The molecule has 0 aliphatic heterocycles. The molecule has 0 aliphatic carbocycles. The minimum absolute atomic E-state index is 0.223. The van der Waals surface area contributed by atoms with Crippen molar-refractivity contribution < 1.29 is 13.5 Å². The van der Waals surface area contributed by atoms with Crippen molar-refractivity contribution in [3.8, 4) is 5.75 Å². The van der Waals surface area contributed by atoms with E-state index in [1.807, 2.05) is 0 Å². The van der Waals surface area contributed by atoms with Gasteiger partial charge >= 0.3 is 0 Å². The van der Waals surface area contributed by atoms with Gasteiger partial charge in [0.25, 0.3) is 0 Å². The molecular weight excluding hydrogens is 250 g/mol. The highest BCUT2D eigenvalue weighted by molar-refractivity contribution is 5.69. The van der Waals surface area contributed by atoms with E-state index in [4.69, 9.17) is 10.5 Å². The first-order chi connectivity index (χ1) is 9.01. The maximum atomic E-state index is 13.8. The SMILES string of the molecule is COc1cc(Nc2ccc(F)cc2C)c(F)cc1N. The Bertz CT molecular complexity index is 615. The van der Waals surface area contributed by atoms with E-state index in [9.17, 15) is 8.78 Å². The number of aryl methyl sites for hydroxylation is 1. The van der Waals surface area contributed by atoms with Gasteiger partial charge < -0.3 is 15.8 Å². The standard InChI is InChI=1S/C14H14F2N2O/c1-8-5-9(15)3-4-12(8)18-13-7-14(19-2)11(17)6-10(13)16/h3-7,18H,17H2,1-2H3. The van der Waals surface area contributed by atoms with Crippen LogP contribution in [0.25, 0.3) is 0 Å². The van der Waals surface area contributed by atoms with Gasteiger partial charge in [0.2, 0.25) is 0 Å². The van der Waals surface area contributed by atoms with Crippen LogP contribution in [-0.4, -0.2) is 7.11 Å². The first-order valence-corrected chi connectivity index (χ1v) is 5.67. The zero-order valence-electron chi connectivity index (χ0n) is 10.6. The monoisotopic (exact) mass is 264 g/mol. The summed E-state index contributed by atoms with van der Waals surface area (Å²) in [4.78, 5) is 0. The maximum absolute atomic E-state index is 13.8. The molecule has 3 N–H and O–H groups in total. The van der Waals surface area contributed by atoms with E-state index in [0.717, 1.165) is 0 Å². The summed E-state index contributed by atoms with van der Waals surface area (Å²) in [6.07, 6.45) is 0. The Labute approximate surface area is 110 Å². The summed E-state index contributed by atoms with van der Waals surface area (Å²) in [7, 11) is 1.45. The third kappa shape index (κ3) is 2.76. The number of methoxy groups -OCH3 is 1. The Kier molecular flexibility index (Phi) is 3.55. The van der Waals surface area contributed by atoms with Crippen molar-refractivity contribution in [3.63, 3.8) is 0 Å². The molecule has 19 heavy (non-hydrogen) atoms. The van der Waals surface area contributed by atoms with Crippen LogP contribution in [0.4, 0.5) is 25.8 Å². The van der Waals surface area contributed by atoms with Crippen LogP contribution in [0.1, 0.15) is 5.56 Å². The fourth-order valence-electron chi connectivity index (χ4n) is 1.75. The number of benzene rings is 2. The van der Waals surface area contributed by atoms with Crippen LogP contribution < -0.4 is 15.8 Å². The van der Waals surface area contributed by atoms with Crippen molar-refractivity contribution in [2.24, 2.45) is 0 Å². The molecule has 0 saturated heterocycles. The van der Waals surface area contributed by atoms with Crippen molar-refractivity contribution in [1.29, 1.82) is 0 Å². The maximum Gasteiger partial charge on any atom is 0.148 e. The third-order valence-corrected chi connectivity index (χ3v) is 2.78. The Morgan fingerprint density at radius 2 is 1.84 bits per heavy atom. The lowest BCUT2D eigenvalue weighted by Gasteiger charge is -2.13. The van der Waals surface area contributed by atoms with Gasteiger partial charge in [-0.2, -0.15) is 0 Å². The topological polar surface area (TPSA) is 47.3 Å². The van der Waals surface area contributed by atoms with Crippen LogP contribution in [0.2, 0.25) is 0 Å². The summed E-state index contributed by atoms with van der Waals surface area (Å²) in [5.41, 5.74) is 7.34. The molecule has 2 aromatic rings. The largest absolute Gasteiger partial charge is 0.495 e. The van der Waals surface area contributed by atoms with Crippen molar-refractivity contribution in [2.75, 3.05) is 18.2 Å². The Balaban J connectivity index is 2.37. The number of ether oxygens (including phenoxy) is 1. The quantitative estimate of drug-likeness (QED) is 0.832. The minimum atomic E-state index is -0.498. The van der Waals surface area contributed by atoms with E-state index in [2.05, 4.69) is 5.32 Å². The number of anilines is 3. The highest BCUT2D eigenvalue weighted by Crippen LogP contribution is 2.31. The Morgan fingerprint density at radius 3 is 2.47 bits per heavy atom. The highest BCUT2D eigenvalue weighted by atomic mass is 19.1. The lowest BCUT2D eigenvalue weighted by molar-refractivity contribution is 0.416. The van der Waals surface area contributed by atoms with Crippen LogP contribution >= 0.6 is 0 Å². The molecule has 0 spiro atoms. The van der Waals surface area contributed by atoms with Crippen LogP contribution in [0.5, 0.6) is 5.75 Å². The van der Waals surface area contributed by atoms with Gasteiger partial charge in [-0.1, -0.05) is 0 Å². The molecule has 0 saturated carbocycles. The van der Waals surface area contributed by atoms with Gasteiger partial charge in [0.05, 0.1) is 18.5 Å². The molecule has 3 nitrogen and oxygen atoms in total. The molecule has 0 amide bonds. The summed E-state index contributed by atoms with van der Waals surface area (Å²) < 4.78 is 31.8. The summed E-state index contributed by atoms with van der Waals surface area (Å²) in [6, 6.07) is 6.87. The van der Waals surface area contributed by atoms with E-state index in [-0.39, 0.29) is 17.2 Å². The molecule has 0 aromatic heterocycles. The first-order valence-electron chi connectivity index (χ1n) is 5.67. The first kappa shape index (κ1) is 13.1. The molecule has 0 unspecified atom stereocenters. The summed E-state index contributed by atoms with van der Waals surface area (Å²) >= 11 is 0. The number of rotatable bonds is 3. The zero-order chi connectivity index (χ0) is 14.0. The molecule has 2 aromatic carbocycles. The van der Waals surface area contributed by atoms with Crippen molar-refractivity contribution in [2.45, 2.75) is 6.92 Å². The predicted octanol–water partition coefficient (Wildman–Crippen LogP) is 3.61. The van der Waals surface area contributed by atoms with E-state index >= 15 is 0 Å². The lowest BCUT2D eigenvalue weighted by atomic mass is 10.1. The third-order valence-electron chi connectivity index (χ3n) is 2.78. The summed E-state index contributed by atoms with van der Waals surface area (Å²) in [5.74, 6) is -0.455. The van der Waals surface area contributed by atoms with Crippen LogP contribution in [0.15, 0.2) is 30.3 Å². The van der Waals surface area contributed by atoms with Crippen LogP contribution in [-0.2, 0) is 0 Å². The van der Waals surface area contributed by atoms with Gasteiger partial charge in [-0.3, -0.25) is 0 Å². The zero-order valence-corrected chi connectivity index (χ0v) is 10.6. The fourth-order valence-corrected chi connectivity index (χ4v) is 1.75. The number of nitrogens with one attached hydrogen (secondary N) is 1. The Morgan fingerprint density at radius 1 is 1.11 bits per heavy atom. The van der Waals surface area contributed by atoms with Crippen molar-refractivity contribution in [3.05, 3.63) is 47.5 Å². The molecular formula is C14H14F2N2O. The smallest absolute Gasteiger partial charge is 0.148 e. The molecule has 0 heterocycles. The van der Waals surface area contributed by atoms with Gasteiger partial charge in [0, 0.05) is 17.8 Å². The average Bonchev–Trinajstić information content (AvgIpc) is 2.35. The molecule has 0 radical (unpaired) electrons. The molecule has 0 bridgehead atoms. The van der Waals surface area contributed by atoms with E-state index in [1.165, 1.54) is 31.4 Å². The second-order valence-corrected chi connectivity index (χ2v) is 4.16. The van der Waals surface area contributed by atoms with E-state index < -0.39 is 5.82 Å². The van der Waals surface area contributed by atoms with Gasteiger partial charge in [-0.25, -0.2) is 8.78 Å².